The number of ketones is 1. The number of hydrogen-bond donors (Lipinski definition) is 1. The molecule has 1 N–H and O–H groups in total. The number of piperidine rings is 1. The van der Waals surface area contributed by atoms with Crippen LogP contribution in [0.2, 0.25) is 0 Å². The first-order valence-electron chi connectivity index (χ1n) is 8.33. The van der Waals surface area contributed by atoms with Crippen LogP contribution < -0.4 is 15.0 Å². The number of hydrogen-bond acceptors (Lipinski definition) is 4. The van der Waals surface area contributed by atoms with Gasteiger partial charge in [0.15, 0.2) is 5.78 Å². The largest absolute Gasteiger partial charge is 0.486 e. The first-order valence-corrected chi connectivity index (χ1v) is 8.33. The molecule has 0 aromatic heterocycles. The Morgan fingerprint density at radius 1 is 1.32 bits per heavy atom. The van der Waals surface area contributed by atoms with Crippen LogP contribution in [0.15, 0.2) is 18.2 Å². The minimum Gasteiger partial charge on any atom is -0.486 e. The average Bonchev–Trinajstić information content (AvgIpc) is 2.54. The van der Waals surface area contributed by atoms with Crippen molar-refractivity contribution >= 4 is 11.5 Å². The van der Waals surface area contributed by atoms with Crippen LogP contribution in [0.5, 0.6) is 5.75 Å². The summed E-state index contributed by atoms with van der Waals surface area (Å²) in [5, 5.41) is 3.31. The van der Waals surface area contributed by atoms with E-state index in [1.165, 1.54) is 0 Å². The third-order valence-electron chi connectivity index (χ3n) is 4.84. The number of anilines is 1. The summed E-state index contributed by atoms with van der Waals surface area (Å²) < 4.78 is 6.08. The minimum absolute atomic E-state index is 0.164. The maximum Gasteiger partial charge on any atom is 0.166 e. The van der Waals surface area contributed by atoms with Gasteiger partial charge in [-0.05, 0) is 50.0 Å². The monoisotopic (exact) mass is 302 g/mol. The van der Waals surface area contributed by atoms with E-state index in [-0.39, 0.29) is 17.8 Å². The van der Waals surface area contributed by atoms with Crippen molar-refractivity contribution in [3.63, 3.8) is 0 Å². The van der Waals surface area contributed by atoms with Gasteiger partial charge in [0.1, 0.15) is 11.9 Å². The summed E-state index contributed by atoms with van der Waals surface area (Å²) in [6.07, 6.45) is 2.10. The van der Waals surface area contributed by atoms with E-state index in [1.54, 1.807) is 0 Å². The quantitative estimate of drug-likeness (QED) is 0.872. The van der Waals surface area contributed by atoms with E-state index in [0.717, 1.165) is 49.5 Å². The lowest BCUT2D eigenvalue weighted by Gasteiger charge is -2.36. The van der Waals surface area contributed by atoms with Crippen molar-refractivity contribution in [2.75, 3.05) is 31.6 Å². The van der Waals surface area contributed by atoms with Gasteiger partial charge in [-0.15, -0.1) is 0 Å². The molecule has 1 saturated heterocycles. The normalized spacial score (nSPS) is 22.4. The third kappa shape index (κ3) is 2.98. The molecule has 2 heterocycles. The average molecular weight is 302 g/mol. The van der Waals surface area contributed by atoms with Crippen LogP contribution in [0, 0.1) is 11.8 Å². The zero-order valence-corrected chi connectivity index (χ0v) is 13.8. The molecule has 0 amide bonds. The van der Waals surface area contributed by atoms with Crippen LogP contribution in [-0.2, 0) is 0 Å². The van der Waals surface area contributed by atoms with Crippen molar-refractivity contribution in [3.8, 4) is 5.75 Å². The highest BCUT2D eigenvalue weighted by atomic mass is 16.5. The van der Waals surface area contributed by atoms with E-state index in [1.807, 2.05) is 18.2 Å². The predicted octanol–water partition coefficient (Wildman–Crippen LogP) is 2.72. The molecule has 0 saturated carbocycles. The van der Waals surface area contributed by atoms with Gasteiger partial charge >= 0.3 is 0 Å². The van der Waals surface area contributed by atoms with Crippen LogP contribution >= 0.6 is 0 Å². The maximum atomic E-state index is 12.7. The number of Topliss-reactive ketones (excluding diaryl/α,β-unsaturated/α-hetero) is 1. The summed E-state index contributed by atoms with van der Waals surface area (Å²) in [4.78, 5) is 14.9. The molecule has 2 aliphatic rings. The van der Waals surface area contributed by atoms with Crippen LogP contribution in [0.3, 0.4) is 0 Å². The van der Waals surface area contributed by atoms with Gasteiger partial charge in [0.05, 0.1) is 12.2 Å². The van der Waals surface area contributed by atoms with E-state index in [4.69, 9.17) is 4.74 Å². The number of carbonyl (C=O) groups is 1. The Bertz CT molecular complexity index is 550. The van der Waals surface area contributed by atoms with Gasteiger partial charge in [0.25, 0.3) is 0 Å². The van der Waals surface area contributed by atoms with Gasteiger partial charge in [-0.1, -0.05) is 13.8 Å². The number of nitrogens with zero attached hydrogens (tertiary/aromatic N) is 1. The molecule has 0 bridgehead atoms. The molecule has 3 rings (SSSR count). The second kappa shape index (κ2) is 6.29. The van der Waals surface area contributed by atoms with Gasteiger partial charge in [-0.3, -0.25) is 4.79 Å². The van der Waals surface area contributed by atoms with Crippen LogP contribution in [0.25, 0.3) is 0 Å². The number of ether oxygens (including phenoxy) is 1. The summed E-state index contributed by atoms with van der Waals surface area (Å²) in [7, 11) is 2.08. The number of fused-ring (bicyclic) bond motifs is 1. The molecular formula is C18H26N2O2. The molecule has 120 valence electrons. The summed E-state index contributed by atoms with van der Waals surface area (Å²) in [5.74, 6) is 1.82. The molecule has 1 aromatic carbocycles. The Morgan fingerprint density at radius 3 is 2.73 bits per heavy atom. The fraction of sp³-hybridized carbons (Fsp3) is 0.611. The molecule has 0 aliphatic carbocycles. The molecule has 22 heavy (non-hydrogen) atoms. The number of carbonyl (C=O) groups excluding carboxylic acids is 1. The summed E-state index contributed by atoms with van der Waals surface area (Å²) in [6, 6.07) is 5.91. The van der Waals surface area contributed by atoms with Crippen LogP contribution in [-0.4, -0.2) is 38.6 Å². The van der Waals surface area contributed by atoms with Crippen molar-refractivity contribution < 1.29 is 9.53 Å². The highest BCUT2D eigenvalue weighted by Gasteiger charge is 2.28. The van der Waals surface area contributed by atoms with Gasteiger partial charge in [-0.2, -0.15) is 0 Å². The van der Waals surface area contributed by atoms with Crippen molar-refractivity contribution in [1.29, 1.82) is 0 Å². The molecule has 4 heteroatoms. The van der Waals surface area contributed by atoms with E-state index in [9.17, 15) is 4.79 Å². The first-order chi connectivity index (χ1) is 10.6. The molecule has 1 fully saturated rings. The second-order valence-corrected chi connectivity index (χ2v) is 6.85. The third-order valence-corrected chi connectivity index (χ3v) is 4.84. The van der Waals surface area contributed by atoms with E-state index in [2.05, 4.69) is 31.1 Å². The van der Waals surface area contributed by atoms with Crippen LogP contribution in [0.4, 0.5) is 5.69 Å². The molecule has 1 atom stereocenters. The van der Waals surface area contributed by atoms with Crippen molar-refractivity contribution in [2.24, 2.45) is 11.8 Å². The highest BCUT2D eigenvalue weighted by Crippen LogP contribution is 2.35. The first kappa shape index (κ1) is 15.3. The minimum atomic E-state index is 0.164. The van der Waals surface area contributed by atoms with Gasteiger partial charge < -0.3 is 15.0 Å². The molecule has 0 radical (unpaired) electrons. The Hall–Kier alpha value is -1.55. The smallest absolute Gasteiger partial charge is 0.166 e. The summed E-state index contributed by atoms with van der Waals surface area (Å²) in [5.41, 5.74) is 1.86. The zero-order chi connectivity index (χ0) is 15.7. The number of benzene rings is 1. The lowest BCUT2D eigenvalue weighted by Crippen LogP contribution is -2.40. The molecular weight excluding hydrogens is 276 g/mol. The number of rotatable bonds is 3. The molecule has 2 aliphatic heterocycles. The summed E-state index contributed by atoms with van der Waals surface area (Å²) >= 11 is 0. The van der Waals surface area contributed by atoms with Crippen molar-refractivity contribution in [3.05, 3.63) is 23.8 Å². The second-order valence-electron chi connectivity index (χ2n) is 6.85. The van der Waals surface area contributed by atoms with E-state index >= 15 is 0 Å². The molecule has 0 spiro atoms. The Labute approximate surface area is 132 Å². The molecule has 1 aromatic rings. The zero-order valence-electron chi connectivity index (χ0n) is 13.8. The number of likely N-dealkylation sites (N-methyl/N-ethyl adjacent to an activating group) is 1. The maximum absolute atomic E-state index is 12.7. The fourth-order valence-electron chi connectivity index (χ4n) is 3.30. The standard InChI is InChI=1S/C18H26N2O2/c1-12(2)17-11-20(3)15-10-14(4-5-16(15)22-17)18(21)13-6-8-19-9-7-13/h4-5,10,12-13,17,19H,6-9,11H2,1-3H3. The van der Waals surface area contributed by atoms with E-state index < -0.39 is 0 Å². The SMILES string of the molecule is CC(C)C1CN(C)c2cc(C(=O)C3CCNCC3)ccc2O1. The van der Waals surface area contributed by atoms with E-state index in [0.29, 0.717) is 5.92 Å². The van der Waals surface area contributed by atoms with Crippen molar-refractivity contribution in [2.45, 2.75) is 32.8 Å². The Morgan fingerprint density at radius 2 is 2.05 bits per heavy atom. The summed E-state index contributed by atoms with van der Waals surface area (Å²) in [6.45, 7) is 7.12. The lowest BCUT2D eigenvalue weighted by atomic mass is 9.89. The molecule has 4 nitrogen and oxygen atoms in total. The van der Waals surface area contributed by atoms with Crippen LogP contribution in [0.1, 0.15) is 37.0 Å². The predicted molar refractivity (Wildman–Crippen MR) is 88.9 cm³/mol. The highest BCUT2D eigenvalue weighted by molar-refractivity contribution is 5.99. The van der Waals surface area contributed by atoms with Crippen molar-refractivity contribution in [1.82, 2.24) is 5.32 Å². The Balaban J connectivity index is 1.82. The fourth-order valence-corrected chi connectivity index (χ4v) is 3.30. The molecule has 1 unspecified atom stereocenters. The lowest BCUT2D eigenvalue weighted by molar-refractivity contribution is 0.0895. The van der Waals surface area contributed by atoms with Gasteiger partial charge in [0.2, 0.25) is 0 Å². The Kier molecular flexibility index (Phi) is 4.39. The number of nitrogens with one attached hydrogen (secondary N) is 1. The van der Waals surface area contributed by atoms with Gasteiger partial charge in [0, 0.05) is 18.5 Å². The topological polar surface area (TPSA) is 41.6 Å². The van der Waals surface area contributed by atoms with Gasteiger partial charge in [-0.25, -0.2) is 0 Å².